The molecule has 41 heavy (non-hydrogen) atoms. The zero-order valence-electron chi connectivity index (χ0n) is 21.6. The Morgan fingerprint density at radius 1 is 1.00 bits per heavy atom. The zero-order valence-corrected chi connectivity index (χ0v) is 24.7. The number of nitrogens with one attached hydrogen (secondary N) is 2. The summed E-state index contributed by atoms with van der Waals surface area (Å²) in [7, 11) is 0. The number of amides is 1. The predicted octanol–water partition coefficient (Wildman–Crippen LogP) is 8.29. The third-order valence-electron chi connectivity index (χ3n) is 6.07. The van der Waals surface area contributed by atoms with Gasteiger partial charge in [-0.15, -0.1) is 0 Å². The maximum atomic E-state index is 13.4. The highest BCUT2D eigenvalue weighted by atomic mass is 79.9. The molecule has 1 heterocycles. The summed E-state index contributed by atoms with van der Waals surface area (Å²) in [5.41, 5.74) is 5.90. The molecule has 0 aliphatic carbocycles. The molecule has 1 aromatic heterocycles. The van der Waals surface area contributed by atoms with E-state index >= 15 is 0 Å². The molecule has 0 aliphatic heterocycles. The molecule has 1 amide bonds. The molecule has 4 aromatic carbocycles. The second-order valence-corrected chi connectivity index (χ2v) is 10.5. The third-order valence-corrected chi connectivity index (χ3v) is 7.11. The van der Waals surface area contributed by atoms with Gasteiger partial charge in [-0.2, -0.15) is 5.10 Å². The lowest BCUT2D eigenvalue weighted by Gasteiger charge is -2.09. The van der Waals surface area contributed by atoms with Gasteiger partial charge in [0.2, 0.25) is 0 Å². The minimum Gasteiger partial charge on any atom is -0.494 e. The van der Waals surface area contributed by atoms with Crippen LogP contribution in [-0.4, -0.2) is 29.7 Å². The molecule has 0 saturated carbocycles. The first kappa shape index (κ1) is 28.4. The summed E-state index contributed by atoms with van der Waals surface area (Å²) in [6.07, 6.45) is 1.40. The van der Waals surface area contributed by atoms with Crippen molar-refractivity contribution in [2.24, 2.45) is 5.10 Å². The van der Waals surface area contributed by atoms with Crippen LogP contribution >= 0.6 is 39.1 Å². The van der Waals surface area contributed by atoms with Gasteiger partial charge >= 0.3 is 5.97 Å². The van der Waals surface area contributed by atoms with Gasteiger partial charge in [-0.1, -0.05) is 69.5 Å². The molecule has 10 heteroatoms. The van der Waals surface area contributed by atoms with Gasteiger partial charge in [-0.05, 0) is 67.1 Å². The predicted molar refractivity (Wildman–Crippen MR) is 166 cm³/mol. The molecular weight excluding hydrogens is 629 g/mol. The topological polar surface area (TPSA) is 92.8 Å². The Balaban J connectivity index is 1.42. The fourth-order valence-corrected chi connectivity index (χ4v) is 5.11. The number of fused-ring (bicyclic) bond motifs is 1. The molecule has 206 valence electrons. The van der Waals surface area contributed by atoms with E-state index in [1.54, 1.807) is 24.3 Å². The Morgan fingerprint density at radius 3 is 2.56 bits per heavy atom. The normalized spacial score (nSPS) is 11.1. The number of ether oxygens (including phenoxy) is 2. The van der Waals surface area contributed by atoms with E-state index in [1.807, 2.05) is 55.5 Å². The van der Waals surface area contributed by atoms with Crippen LogP contribution in [0.4, 0.5) is 0 Å². The molecule has 5 aromatic rings. The van der Waals surface area contributed by atoms with Crippen molar-refractivity contribution in [3.05, 3.63) is 116 Å². The largest absolute Gasteiger partial charge is 0.494 e. The maximum Gasteiger partial charge on any atom is 0.345 e. The highest BCUT2D eigenvalue weighted by molar-refractivity contribution is 9.10. The van der Waals surface area contributed by atoms with Gasteiger partial charge in [0.15, 0.2) is 0 Å². The number of nitrogens with zero attached hydrogens (tertiary/aromatic N) is 1. The van der Waals surface area contributed by atoms with Crippen molar-refractivity contribution >= 4 is 68.1 Å². The van der Waals surface area contributed by atoms with Crippen LogP contribution in [0.3, 0.4) is 0 Å². The summed E-state index contributed by atoms with van der Waals surface area (Å²) < 4.78 is 12.0. The summed E-state index contributed by atoms with van der Waals surface area (Å²) in [6.45, 7) is 2.44. The number of H-pyrrole nitrogens is 1. The summed E-state index contributed by atoms with van der Waals surface area (Å²) >= 11 is 15.5. The molecule has 0 radical (unpaired) electrons. The quantitative estimate of drug-likeness (QED) is 0.0765. The van der Waals surface area contributed by atoms with Crippen LogP contribution in [0.15, 0.2) is 94.5 Å². The first-order valence-corrected chi connectivity index (χ1v) is 14.0. The monoisotopic (exact) mass is 649 g/mol. The molecular formula is C31H22BrCl2N3O4. The van der Waals surface area contributed by atoms with Crippen LogP contribution in [0.2, 0.25) is 10.0 Å². The lowest BCUT2D eigenvalue weighted by atomic mass is 10.0. The van der Waals surface area contributed by atoms with E-state index in [2.05, 4.69) is 31.4 Å². The van der Waals surface area contributed by atoms with Gasteiger partial charge < -0.3 is 14.5 Å². The molecule has 2 N–H and O–H groups in total. The summed E-state index contributed by atoms with van der Waals surface area (Å²) in [5, 5.41) is 5.57. The summed E-state index contributed by atoms with van der Waals surface area (Å²) in [4.78, 5) is 29.4. The van der Waals surface area contributed by atoms with Crippen molar-refractivity contribution in [3.63, 3.8) is 0 Å². The van der Waals surface area contributed by atoms with Gasteiger partial charge in [0.25, 0.3) is 5.91 Å². The van der Waals surface area contributed by atoms with Gasteiger partial charge in [0, 0.05) is 31.5 Å². The lowest BCUT2D eigenvalue weighted by molar-refractivity contribution is 0.0734. The van der Waals surface area contributed by atoms with Crippen molar-refractivity contribution in [1.82, 2.24) is 10.4 Å². The Kier molecular flexibility index (Phi) is 8.73. The molecule has 0 atom stereocenters. The number of halogens is 3. The second kappa shape index (κ2) is 12.6. The van der Waals surface area contributed by atoms with Crippen LogP contribution in [0.1, 0.15) is 33.3 Å². The average molecular weight is 651 g/mol. The molecule has 7 nitrogen and oxygen atoms in total. The number of hydrogen-bond acceptors (Lipinski definition) is 5. The number of aromatic amines is 1. The Hall–Kier alpha value is -4.11. The number of aromatic nitrogens is 1. The second-order valence-electron chi connectivity index (χ2n) is 8.78. The van der Waals surface area contributed by atoms with Crippen LogP contribution in [0.25, 0.3) is 22.0 Å². The average Bonchev–Trinajstić information content (AvgIpc) is 3.34. The highest BCUT2D eigenvalue weighted by Gasteiger charge is 2.20. The summed E-state index contributed by atoms with van der Waals surface area (Å²) in [5.74, 6) is -0.181. The number of rotatable bonds is 8. The molecule has 0 bridgehead atoms. The van der Waals surface area contributed by atoms with Gasteiger partial charge in [0.1, 0.15) is 17.2 Å². The van der Waals surface area contributed by atoms with Crippen LogP contribution < -0.4 is 14.9 Å². The Morgan fingerprint density at radius 2 is 1.80 bits per heavy atom. The summed E-state index contributed by atoms with van der Waals surface area (Å²) in [6, 6.07) is 24.8. The smallest absolute Gasteiger partial charge is 0.345 e. The van der Waals surface area contributed by atoms with Crippen molar-refractivity contribution < 1.29 is 19.1 Å². The molecule has 0 saturated heterocycles. The van der Waals surface area contributed by atoms with Gasteiger partial charge in [-0.25, -0.2) is 10.2 Å². The van der Waals surface area contributed by atoms with E-state index in [0.717, 1.165) is 26.5 Å². The first-order chi connectivity index (χ1) is 19.8. The van der Waals surface area contributed by atoms with Gasteiger partial charge in [-0.3, -0.25) is 4.79 Å². The number of hydrogen-bond donors (Lipinski definition) is 2. The number of carbonyl (C=O) groups excluding carboxylic acids is 2. The van der Waals surface area contributed by atoms with Crippen molar-refractivity contribution in [2.75, 3.05) is 6.61 Å². The van der Waals surface area contributed by atoms with Crippen molar-refractivity contribution in [3.8, 4) is 22.6 Å². The van der Waals surface area contributed by atoms with Crippen molar-refractivity contribution in [2.45, 2.75) is 6.92 Å². The van der Waals surface area contributed by atoms with E-state index in [-0.39, 0.29) is 16.3 Å². The fourth-order valence-electron chi connectivity index (χ4n) is 4.24. The van der Waals surface area contributed by atoms with E-state index in [4.69, 9.17) is 32.7 Å². The first-order valence-electron chi connectivity index (χ1n) is 12.5. The molecule has 0 unspecified atom stereocenters. The van der Waals surface area contributed by atoms with Crippen LogP contribution in [0.5, 0.6) is 11.5 Å². The zero-order chi connectivity index (χ0) is 28.9. The standard InChI is InChI=1S/C31H22BrCl2N3O4/c1-2-40-22-10-12-26-24(16-22)28(18-6-4-3-5-7-18)29(36-26)30(38)37-35-17-19-14-20(32)8-13-27(19)41-31(39)23-11-9-21(33)15-25(23)34/h3-17,36H,2H2,1H3,(H,37,38). The third kappa shape index (κ3) is 6.46. The minimum atomic E-state index is -0.662. The maximum absolute atomic E-state index is 13.4. The van der Waals surface area contributed by atoms with E-state index in [9.17, 15) is 9.59 Å². The fraction of sp³-hybridized carbons (Fsp3) is 0.0645. The van der Waals surface area contributed by atoms with Gasteiger partial charge in [0.05, 0.1) is 23.4 Å². The van der Waals surface area contributed by atoms with Crippen LogP contribution in [-0.2, 0) is 0 Å². The Labute approximate surface area is 254 Å². The van der Waals surface area contributed by atoms with E-state index in [0.29, 0.717) is 28.6 Å². The molecule has 0 spiro atoms. The number of hydrazone groups is 1. The Bertz CT molecular complexity index is 1790. The SMILES string of the molecule is CCOc1ccc2[nH]c(C(=O)NN=Cc3cc(Br)ccc3OC(=O)c3ccc(Cl)cc3Cl)c(-c3ccccc3)c2c1. The van der Waals surface area contributed by atoms with E-state index < -0.39 is 11.9 Å². The van der Waals surface area contributed by atoms with E-state index in [1.165, 1.54) is 18.3 Å². The number of esters is 1. The molecule has 5 rings (SSSR count). The number of carbonyl (C=O) groups is 2. The minimum absolute atomic E-state index is 0.162. The lowest BCUT2D eigenvalue weighted by Crippen LogP contribution is -2.19. The molecule has 0 aliphatic rings. The van der Waals surface area contributed by atoms with Crippen molar-refractivity contribution in [1.29, 1.82) is 0 Å². The highest BCUT2D eigenvalue weighted by Crippen LogP contribution is 2.35. The number of benzene rings is 4. The van der Waals surface area contributed by atoms with Crippen LogP contribution in [0, 0.1) is 0 Å². The molecule has 0 fully saturated rings.